The second kappa shape index (κ2) is 8.55. The zero-order chi connectivity index (χ0) is 10.1. The van der Waals surface area contributed by atoms with Gasteiger partial charge in [-0.2, -0.15) is 0 Å². The van der Waals surface area contributed by atoms with Crippen LogP contribution in [0.3, 0.4) is 0 Å². The molecule has 0 heterocycles. The minimum atomic E-state index is -0.0540. The predicted octanol–water partition coefficient (Wildman–Crippen LogP) is 3.75. The SMILES string of the molecule is CCCCCC(C)CC(O)CCC. The summed E-state index contributed by atoms with van der Waals surface area (Å²) in [5.41, 5.74) is 0. The van der Waals surface area contributed by atoms with Crippen LogP contribution in [0.4, 0.5) is 0 Å². The van der Waals surface area contributed by atoms with Gasteiger partial charge in [0.1, 0.15) is 0 Å². The van der Waals surface area contributed by atoms with Crippen molar-refractivity contribution in [1.82, 2.24) is 0 Å². The van der Waals surface area contributed by atoms with Crippen LogP contribution < -0.4 is 0 Å². The minimum absolute atomic E-state index is 0.0540. The largest absolute Gasteiger partial charge is 0.393 e. The van der Waals surface area contributed by atoms with E-state index in [1.54, 1.807) is 0 Å². The van der Waals surface area contributed by atoms with Crippen molar-refractivity contribution in [2.45, 2.75) is 71.8 Å². The van der Waals surface area contributed by atoms with Crippen LogP contribution in [0.5, 0.6) is 0 Å². The van der Waals surface area contributed by atoms with E-state index in [4.69, 9.17) is 0 Å². The van der Waals surface area contributed by atoms with E-state index < -0.39 is 0 Å². The molecular formula is C12H26O. The third-order valence-corrected chi connectivity index (χ3v) is 2.60. The smallest absolute Gasteiger partial charge is 0.0542 e. The number of aliphatic hydroxyl groups is 1. The first-order chi connectivity index (χ1) is 6.20. The van der Waals surface area contributed by atoms with Crippen molar-refractivity contribution in [2.24, 2.45) is 5.92 Å². The maximum atomic E-state index is 9.58. The van der Waals surface area contributed by atoms with E-state index in [1.165, 1.54) is 25.7 Å². The molecule has 0 aromatic rings. The molecule has 0 aliphatic heterocycles. The van der Waals surface area contributed by atoms with Gasteiger partial charge in [0.2, 0.25) is 0 Å². The molecule has 0 aliphatic carbocycles. The maximum Gasteiger partial charge on any atom is 0.0542 e. The van der Waals surface area contributed by atoms with Gasteiger partial charge in [0.15, 0.2) is 0 Å². The Bertz CT molecular complexity index is 101. The third kappa shape index (κ3) is 8.29. The van der Waals surface area contributed by atoms with Crippen LogP contribution >= 0.6 is 0 Å². The molecule has 0 saturated carbocycles. The lowest BCUT2D eigenvalue weighted by molar-refractivity contribution is 0.133. The summed E-state index contributed by atoms with van der Waals surface area (Å²) >= 11 is 0. The lowest BCUT2D eigenvalue weighted by atomic mass is 9.95. The van der Waals surface area contributed by atoms with Crippen LogP contribution in [0, 0.1) is 5.92 Å². The van der Waals surface area contributed by atoms with Crippen LogP contribution in [0.15, 0.2) is 0 Å². The molecule has 0 aromatic heterocycles. The van der Waals surface area contributed by atoms with Crippen molar-refractivity contribution in [3.63, 3.8) is 0 Å². The number of hydrogen-bond donors (Lipinski definition) is 1. The molecule has 0 aromatic carbocycles. The van der Waals surface area contributed by atoms with Crippen molar-refractivity contribution in [2.75, 3.05) is 0 Å². The molecule has 0 spiro atoms. The molecule has 2 unspecified atom stereocenters. The number of unbranched alkanes of at least 4 members (excludes halogenated alkanes) is 2. The molecule has 0 amide bonds. The lowest BCUT2D eigenvalue weighted by Gasteiger charge is -2.15. The van der Waals surface area contributed by atoms with Crippen LogP contribution in [0.1, 0.15) is 65.7 Å². The highest BCUT2D eigenvalue weighted by atomic mass is 16.3. The highest BCUT2D eigenvalue weighted by Crippen LogP contribution is 2.16. The summed E-state index contributed by atoms with van der Waals surface area (Å²) in [4.78, 5) is 0. The summed E-state index contributed by atoms with van der Waals surface area (Å²) < 4.78 is 0. The Labute approximate surface area is 83.5 Å². The lowest BCUT2D eigenvalue weighted by Crippen LogP contribution is -2.11. The topological polar surface area (TPSA) is 20.2 Å². The maximum absolute atomic E-state index is 9.58. The van der Waals surface area contributed by atoms with Gasteiger partial charge in [-0.1, -0.05) is 52.9 Å². The van der Waals surface area contributed by atoms with Crippen LogP contribution in [-0.4, -0.2) is 11.2 Å². The minimum Gasteiger partial charge on any atom is -0.393 e. The summed E-state index contributed by atoms with van der Waals surface area (Å²) in [5.74, 6) is 0.702. The Morgan fingerprint density at radius 1 is 1.00 bits per heavy atom. The van der Waals surface area contributed by atoms with E-state index in [0.717, 1.165) is 19.3 Å². The number of aliphatic hydroxyl groups excluding tert-OH is 1. The molecule has 13 heavy (non-hydrogen) atoms. The molecule has 2 atom stereocenters. The van der Waals surface area contributed by atoms with E-state index in [0.29, 0.717) is 5.92 Å². The molecule has 0 fully saturated rings. The monoisotopic (exact) mass is 186 g/mol. The van der Waals surface area contributed by atoms with Gasteiger partial charge in [0.05, 0.1) is 6.10 Å². The highest BCUT2D eigenvalue weighted by molar-refractivity contribution is 4.61. The van der Waals surface area contributed by atoms with Crippen molar-refractivity contribution in [3.05, 3.63) is 0 Å². The average Bonchev–Trinajstić information content (AvgIpc) is 2.05. The first-order valence-electron chi connectivity index (χ1n) is 5.88. The first-order valence-corrected chi connectivity index (χ1v) is 5.88. The van der Waals surface area contributed by atoms with Crippen LogP contribution in [-0.2, 0) is 0 Å². The van der Waals surface area contributed by atoms with E-state index in [1.807, 2.05) is 0 Å². The van der Waals surface area contributed by atoms with E-state index >= 15 is 0 Å². The molecule has 1 heteroatoms. The fraction of sp³-hybridized carbons (Fsp3) is 1.00. The highest BCUT2D eigenvalue weighted by Gasteiger charge is 2.08. The van der Waals surface area contributed by atoms with Crippen molar-refractivity contribution in [3.8, 4) is 0 Å². The van der Waals surface area contributed by atoms with Gasteiger partial charge in [-0.3, -0.25) is 0 Å². The van der Waals surface area contributed by atoms with Gasteiger partial charge < -0.3 is 5.11 Å². The fourth-order valence-corrected chi connectivity index (χ4v) is 1.78. The van der Waals surface area contributed by atoms with Crippen molar-refractivity contribution in [1.29, 1.82) is 0 Å². The van der Waals surface area contributed by atoms with Gasteiger partial charge >= 0.3 is 0 Å². The second-order valence-electron chi connectivity index (χ2n) is 4.28. The second-order valence-corrected chi connectivity index (χ2v) is 4.28. The third-order valence-electron chi connectivity index (χ3n) is 2.60. The normalized spacial score (nSPS) is 15.7. The Morgan fingerprint density at radius 2 is 1.69 bits per heavy atom. The Kier molecular flexibility index (Phi) is 8.53. The first kappa shape index (κ1) is 13.0. The molecular weight excluding hydrogens is 160 g/mol. The average molecular weight is 186 g/mol. The zero-order valence-electron chi connectivity index (χ0n) is 9.55. The zero-order valence-corrected chi connectivity index (χ0v) is 9.55. The number of hydrogen-bond acceptors (Lipinski definition) is 1. The van der Waals surface area contributed by atoms with Gasteiger partial charge in [-0.25, -0.2) is 0 Å². The van der Waals surface area contributed by atoms with Crippen LogP contribution in [0.25, 0.3) is 0 Å². The quantitative estimate of drug-likeness (QED) is 0.572. The molecule has 0 aliphatic rings. The number of rotatable bonds is 8. The fourth-order valence-electron chi connectivity index (χ4n) is 1.78. The Balaban J connectivity index is 3.32. The predicted molar refractivity (Wildman–Crippen MR) is 58.8 cm³/mol. The molecule has 1 N–H and O–H groups in total. The summed E-state index contributed by atoms with van der Waals surface area (Å²) in [6.07, 6.45) is 8.27. The van der Waals surface area contributed by atoms with Crippen molar-refractivity contribution >= 4 is 0 Å². The van der Waals surface area contributed by atoms with Crippen LogP contribution in [0.2, 0.25) is 0 Å². The van der Waals surface area contributed by atoms with Gasteiger partial charge in [0.25, 0.3) is 0 Å². The molecule has 0 rings (SSSR count). The summed E-state index contributed by atoms with van der Waals surface area (Å²) in [6.45, 7) is 6.62. The van der Waals surface area contributed by atoms with Gasteiger partial charge in [-0.05, 0) is 18.8 Å². The molecule has 80 valence electrons. The van der Waals surface area contributed by atoms with E-state index in [-0.39, 0.29) is 6.10 Å². The molecule has 0 saturated heterocycles. The molecule has 1 nitrogen and oxygen atoms in total. The molecule has 0 bridgehead atoms. The van der Waals surface area contributed by atoms with Gasteiger partial charge in [-0.15, -0.1) is 0 Å². The summed E-state index contributed by atoms with van der Waals surface area (Å²) in [7, 11) is 0. The Morgan fingerprint density at radius 3 is 2.23 bits per heavy atom. The van der Waals surface area contributed by atoms with E-state index in [2.05, 4.69) is 20.8 Å². The molecule has 0 radical (unpaired) electrons. The summed E-state index contributed by atoms with van der Waals surface area (Å²) in [5, 5.41) is 9.58. The van der Waals surface area contributed by atoms with Gasteiger partial charge in [0, 0.05) is 0 Å². The van der Waals surface area contributed by atoms with E-state index in [9.17, 15) is 5.11 Å². The standard InChI is InChI=1S/C12H26O/c1-4-6-7-9-11(3)10-12(13)8-5-2/h11-13H,4-10H2,1-3H3. The Hall–Kier alpha value is -0.0400. The van der Waals surface area contributed by atoms with Crippen molar-refractivity contribution < 1.29 is 5.11 Å². The summed E-state index contributed by atoms with van der Waals surface area (Å²) in [6, 6.07) is 0.